The number of esters is 1. The Kier molecular flexibility index (Phi) is 5.75. The number of hydrogen-bond donors (Lipinski definition) is 0. The highest BCUT2D eigenvalue weighted by Gasteiger charge is 2.22. The van der Waals surface area contributed by atoms with E-state index in [1.807, 2.05) is 54.7 Å². The molecule has 1 heterocycles. The highest BCUT2D eigenvalue weighted by molar-refractivity contribution is 5.89. The summed E-state index contributed by atoms with van der Waals surface area (Å²) < 4.78 is 16.3. The highest BCUT2D eigenvalue weighted by Crippen LogP contribution is 2.30. The van der Waals surface area contributed by atoms with Gasteiger partial charge < -0.3 is 14.2 Å². The lowest BCUT2D eigenvalue weighted by Gasteiger charge is -2.09. The molecule has 1 aromatic heterocycles. The van der Waals surface area contributed by atoms with Crippen molar-refractivity contribution >= 4 is 5.97 Å². The van der Waals surface area contributed by atoms with E-state index in [0.717, 1.165) is 29.0 Å². The molecule has 1 aliphatic rings. The molecule has 4 rings (SSSR count). The van der Waals surface area contributed by atoms with Gasteiger partial charge in [-0.1, -0.05) is 24.3 Å². The fourth-order valence-electron chi connectivity index (χ4n) is 2.91. The second-order valence-corrected chi connectivity index (χ2v) is 7.14. The van der Waals surface area contributed by atoms with Crippen molar-refractivity contribution < 1.29 is 19.0 Å². The number of rotatable bonds is 8. The zero-order chi connectivity index (χ0) is 20.1. The van der Waals surface area contributed by atoms with Gasteiger partial charge in [-0.2, -0.15) is 0 Å². The molecule has 0 amide bonds. The van der Waals surface area contributed by atoms with Crippen LogP contribution in [0.2, 0.25) is 0 Å². The fourth-order valence-corrected chi connectivity index (χ4v) is 2.91. The number of carbonyl (C=O) groups excluding carboxylic acids is 1. The molecule has 1 aliphatic carbocycles. The molecule has 0 aliphatic heterocycles. The van der Waals surface area contributed by atoms with E-state index in [0.29, 0.717) is 24.0 Å². The molecule has 0 radical (unpaired) electrons. The summed E-state index contributed by atoms with van der Waals surface area (Å²) in [6.07, 6.45) is 4.35. The Morgan fingerprint density at radius 3 is 2.52 bits per heavy atom. The quantitative estimate of drug-likeness (QED) is 0.513. The van der Waals surface area contributed by atoms with Crippen molar-refractivity contribution in [3.63, 3.8) is 0 Å². The fraction of sp³-hybridized carbons (Fsp3) is 0.250. The molecule has 0 spiro atoms. The first-order valence-electron chi connectivity index (χ1n) is 9.70. The molecule has 0 bridgehead atoms. The van der Waals surface area contributed by atoms with Crippen molar-refractivity contribution in [3.8, 4) is 22.8 Å². The predicted molar refractivity (Wildman–Crippen MR) is 110 cm³/mol. The van der Waals surface area contributed by atoms with E-state index >= 15 is 0 Å². The highest BCUT2D eigenvalue weighted by atomic mass is 16.5. The van der Waals surface area contributed by atoms with Gasteiger partial charge in [0.2, 0.25) is 5.88 Å². The number of pyridine rings is 1. The number of aromatic nitrogens is 1. The monoisotopic (exact) mass is 389 g/mol. The molecule has 29 heavy (non-hydrogen) atoms. The zero-order valence-corrected chi connectivity index (χ0v) is 16.3. The van der Waals surface area contributed by atoms with E-state index in [1.165, 1.54) is 20.0 Å². The Hall–Kier alpha value is -3.34. The first kappa shape index (κ1) is 19.0. The topological polar surface area (TPSA) is 57.7 Å². The summed E-state index contributed by atoms with van der Waals surface area (Å²) in [4.78, 5) is 15.9. The number of ether oxygens (including phenoxy) is 3. The largest absolute Gasteiger partial charge is 0.489 e. The lowest BCUT2D eigenvalue weighted by atomic mass is 10.1. The molecular formula is C24H23NO4. The first-order valence-corrected chi connectivity index (χ1v) is 9.70. The van der Waals surface area contributed by atoms with Gasteiger partial charge in [-0.15, -0.1) is 0 Å². The van der Waals surface area contributed by atoms with Crippen LogP contribution in [0, 0.1) is 5.92 Å². The molecule has 2 aromatic carbocycles. The third-order valence-corrected chi connectivity index (χ3v) is 4.85. The van der Waals surface area contributed by atoms with Gasteiger partial charge in [0, 0.05) is 17.8 Å². The average Bonchev–Trinajstić information content (AvgIpc) is 3.61. The maximum absolute atomic E-state index is 11.5. The maximum atomic E-state index is 11.5. The van der Waals surface area contributed by atoms with Crippen LogP contribution < -0.4 is 9.47 Å². The lowest BCUT2D eigenvalue weighted by Crippen LogP contribution is -2.02. The van der Waals surface area contributed by atoms with Gasteiger partial charge in [0.15, 0.2) is 0 Å². The summed E-state index contributed by atoms with van der Waals surface area (Å²) in [7, 11) is 1.37. The molecule has 5 heteroatoms. The molecule has 0 saturated heterocycles. The molecule has 0 atom stereocenters. The van der Waals surface area contributed by atoms with Gasteiger partial charge >= 0.3 is 5.97 Å². The van der Waals surface area contributed by atoms with Crippen LogP contribution in [0.3, 0.4) is 0 Å². The number of carbonyl (C=O) groups is 1. The van der Waals surface area contributed by atoms with Gasteiger partial charge in [-0.25, -0.2) is 9.78 Å². The summed E-state index contributed by atoms with van der Waals surface area (Å²) in [5, 5.41) is 0. The van der Waals surface area contributed by atoms with Crippen LogP contribution in [0.5, 0.6) is 11.6 Å². The molecule has 5 nitrogen and oxygen atoms in total. The number of hydrogen-bond acceptors (Lipinski definition) is 5. The van der Waals surface area contributed by atoms with E-state index < -0.39 is 0 Å². The Bertz CT molecular complexity index is 963. The smallest absolute Gasteiger partial charge is 0.337 e. The van der Waals surface area contributed by atoms with E-state index in [4.69, 9.17) is 14.2 Å². The SMILES string of the molecule is COC(=O)c1ccc(COc2cccc(-c3ccc(OCC4CC4)nc3)c2)cc1. The summed E-state index contributed by atoms with van der Waals surface area (Å²) in [5.74, 6) is 1.81. The molecule has 0 unspecified atom stereocenters. The molecular weight excluding hydrogens is 366 g/mol. The van der Waals surface area contributed by atoms with Gasteiger partial charge in [-0.05, 0) is 60.2 Å². The third kappa shape index (κ3) is 5.13. The van der Waals surface area contributed by atoms with E-state index in [1.54, 1.807) is 12.1 Å². The van der Waals surface area contributed by atoms with Crippen LogP contribution in [0.1, 0.15) is 28.8 Å². The summed E-state index contributed by atoms with van der Waals surface area (Å²) >= 11 is 0. The number of methoxy groups -OCH3 is 1. The molecule has 0 N–H and O–H groups in total. The lowest BCUT2D eigenvalue weighted by molar-refractivity contribution is 0.0600. The average molecular weight is 389 g/mol. The van der Waals surface area contributed by atoms with Crippen molar-refractivity contribution in [2.45, 2.75) is 19.4 Å². The van der Waals surface area contributed by atoms with Crippen molar-refractivity contribution in [1.29, 1.82) is 0 Å². The second-order valence-electron chi connectivity index (χ2n) is 7.14. The number of benzene rings is 2. The summed E-state index contributed by atoms with van der Waals surface area (Å²) in [6.45, 7) is 1.17. The van der Waals surface area contributed by atoms with Gasteiger partial charge in [0.05, 0.1) is 19.3 Å². The van der Waals surface area contributed by atoms with Crippen molar-refractivity contribution in [3.05, 3.63) is 78.0 Å². The van der Waals surface area contributed by atoms with Crippen LogP contribution in [0.25, 0.3) is 11.1 Å². The minimum atomic E-state index is -0.345. The van der Waals surface area contributed by atoms with Crippen LogP contribution in [0.4, 0.5) is 0 Å². The minimum Gasteiger partial charge on any atom is -0.489 e. The van der Waals surface area contributed by atoms with Gasteiger partial charge in [0.25, 0.3) is 0 Å². The number of nitrogens with zero attached hydrogens (tertiary/aromatic N) is 1. The van der Waals surface area contributed by atoms with E-state index in [2.05, 4.69) is 4.98 Å². The van der Waals surface area contributed by atoms with Crippen LogP contribution in [0.15, 0.2) is 66.9 Å². The second kappa shape index (κ2) is 8.78. The maximum Gasteiger partial charge on any atom is 0.337 e. The Morgan fingerprint density at radius 1 is 1.00 bits per heavy atom. The third-order valence-electron chi connectivity index (χ3n) is 4.85. The van der Waals surface area contributed by atoms with Crippen LogP contribution in [-0.2, 0) is 11.3 Å². The zero-order valence-electron chi connectivity index (χ0n) is 16.3. The van der Waals surface area contributed by atoms with Crippen molar-refractivity contribution in [1.82, 2.24) is 4.98 Å². The predicted octanol–water partition coefficient (Wildman–Crippen LogP) is 4.90. The molecule has 3 aromatic rings. The minimum absolute atomic E-state index is 0.345. The standard InChI is InChI=1S/C24H23NO4/c1-27-24(26)19-9-7-18(8-10-19)15-28-22-4-2-3-20(13-22)21-11-12-23(25-14-21)29-16-17-5-6-17/h2-4,7-14,17H,5-6,15-16H2,1H3. The normalized spacial score (nSPS) is 13.0. The Morgan fingerprint density at radius 2 is 1.83 bits per heavy atom. The van der Waals surface area contributed by atoms with Gasteiger partial charge in [0.1, 0.15) is 12.4 Å². The van der Waals surface area contributed by atoms with E-state index in [9.17, 15) is 4.79 Å². The summed E-state index contributed by atoms with van der Waals surface area (Å²) in [6, 6.07) is 19.0. The van der Waals surface area contributed by atoms with E-state index in [-0.39, 0.29) is 5.97 Å². The van der Waals surface area contributed by atoms with Crippen LogP contribution in [-0.4, -0.2) is 24.7 Å². The molecule has 148 valence electrons. The Balaban J connectivity index is 1.37. The van der Waals surface area contributed by atoms with Gasteiger partial charge in [-0.3, -0.25) is 0 Å². The molecule has 1 saturated carbocycles. The molecule has 1 fully saturated rings. The Labute approximate surface area is 170 Å². The van der Waals surface area contributed by atoms with Crippen molar-refractivity contribution in [2.24, 2.45) is 5.92 Å². The van der Waals surface area contributed by atoms with Crippen molar-refractivity contribution in [2.75, 3.05) is 13.7 Å². The summed E-state index contributed by atoms with van der Waals surface area (Å²) in [5.41, 5.74) is 3.54. The van der Waals surface area contributed by atoms with Crippen LogP contribution >= 0.6 is 0 Å². The first-order chi connectivity index (χ1) is 14.2.